The number of ether oxygens (including phenoxy) is 1. The minimum atomic E-state index is -0.886. The van der Waals surface area contributed by atoms with E-state index in [-0.39, 0.29) is 25.3 Å². The first-order valence-electron chi connectivity index (χ1n) is 9.74. The second-order valence-corrected chi connectivity index (χ2v) is 8.17. The molecule has 31 heavy (non-hydrogen) atoms. The van der Waals surface area contributed by atoms with Gasteiger partial charge in [-0.1, -0.05) is 41.4 Å². The Bertz CT molecular complexity index is 981. The molecule has 7 nitrogen and oxygen atoms in total. The molecule has 1 heterocycles. The maximum Gasteiger partial charge on any atom is 0.328 e. The Kier molecular flexibility index (Phi) is 7.41. The van der Waals surface area contributed by atoms with Crippen LogP contribution in [-0.4, -0.2) is 41.9 Å². The third kappa shape index (κ3) is 5.68. The van der Waals surface area contributed by atoms with Gasteiger partial charge in [0.15, 0.2) is 0 Å². The summed E-state index contributed by atoms with van der Waals surface area (Å²) in [6, 6.07) is 10.5. The zero-order chi connectivity index (χ0) is 22.5. The van der Waals surface area contributed by atoms with Gasteiger partial charge >= 0.3 is 5.97 Å². The number of nitrogens with one attached hydrogen (secondary N) is 1. The molecule has 0 bridgehead atoms. The minimum Gasteiger partial charge on any atom is -0.467 e. The van der Waals surface area contributed by atoms with Gasteiger partial charge in [-0.05, 0) is 41.8 Å². The van der Waals surface area contributed by atoms with Gasteiger partial charge in [0.25, 0.3) is 0 Å². The lowest BCUT2D eigenvalue weighted by Gasteiger charge is -2.26. The summed E-state index contributed by atoms with van der Waals surface area (Å²) in [5, 5.41) is 3.53. The summed E-state index contributed by atoms with van der Waals surface area (Å²) in [6.45, 7) is 0.217. The van der Waals surface area contributed by atoms with Crippen LogP contribution in [0.25, 0.3) is 0 Å². The van der Waals surface area contributed by atoms with Crippen LogP contribution < -0.4 is 11.1 Å². The predicted octanol–water partition coefficient (Wildman–Crippen LogP) is 2.97. The third-order valence-electron chi connectivity index (χ3n) is 5.19. The molecule has 164 valence electrons. The van der Waals surface area contributed by atoms with Crippen LogP contribution in [0.2, 0.25) is 10.0 Å². The van der Waals surface area contributed by atoms with Crippen molar-refractivity contribution in [1.29, 1.82) is 0 Å². The highest BCUT2D eigenvalue weighted by atomic mass is 35.5. The van der Waals surface area contributed by atoms with Crippen molar-refractivity contribution >= 4 is 46.7 Å². The van der Waals surface area contributed by atoms with Crippen molar-refractivity contribution in [1.82, 2.24) is 10.2 Å². The van der Waals surface area contributed by atoms with E-state index in [0.29, 0.717) is 22.2 Å². The number of nitrogens with zero attached hydrogens (tertiary/aromatic N) is 1. The number of esters is 1. The number of likely N-dealkylation sites (tertiary alicyclic amines) is 1. The lowest BCUT2D eigenvalue weighted by Crippen LogP contribution is -2.51. The topological polar surface area (TPSA) is 102 Å². The molecule has 0 aliphatic carbocycles. The molecule has 1 fully saturated rings. The molecular formula is C22H23Cl2N3O4. The predicted molar refractivity (Wildman–Crippen MR) is 119 cm³/mol. The van der Waals surface area contributed by atoms with E-state index in [1.807, 2.05) is 0 Å². The van der Waals surface area contributed by atoms with Crippen LogP contribution >= 0.6 is 23.2 Å². The van der Waals surface area contributed by atoms with Crippen molar-refractivity contribution in [3.8, 4) is 0 Å². The average molecular weight is 464 g/mol. The van der Waals surface area contributed by atoms with Gasteiger partial charge in [-0.2, -0.15) is 0 Å². The van der Waals surface area contributed by atoms with Gasteiger partial charge in [-0.25, -0.2) is 4.79 Å². The molecule has 2 aromatic rings. The normalized spacial score (nSPS) is 16.8. The van der Waals surface area contributed by atoms with Crippen LogP contribution in [0, 0.1) is 0 Å². The Morgan fingerprint density at radius 1 is 1.16 bits per heavy atom. The van der Waals surface area contributed by atoms with Crippen molar-refractivity contribution in [3.63, 3.8) is 0 Å². The van der Waals surface area contributed by atoms with E-state index < -0.39 is 24.0 Å². The van der Waals surface area contributed by atoms with Crippen molar-refractivity contribution in [2.75, 3.05) is 12.8 Å². The van der Waals surface area contributed by atoms with E-state index in [0.717, 1.165) is 11.1 Å². The second-order valence-electron chi connectivity index (χ2n) is 7.35. The molecule has 0 spiro atoms. The van der Waals surface area contributed by atoms with Crippen LogP contribution in [-0.2, 0) is 32.1 Å². The molecule has 0 saturated carbocycles. The number of carbonyl (C=O) groups is 3. The Balaban J connectivity index is 1.73. The Morgan fingerprint density at radius 2 is 1.84 bits per heavy atom. The van der Waals surface area contributed by atoms with Gasteiger partial charge < -0.3 is 20.7 Å². The molecule has 9 heteroatoms. The smallest absolute Gasteiger partial charge is 0.328 e. The Morgan fingerprint density at radius 3 is 2.48 bits per heavy atom. The summed E-state index contributed by atoms with van der Waals surface area (Å²) in [5.41, 5.74) is 7.88. The van der Waals surface area contributed by atoms with Gasteiger partial charge in [0.1, 0.15) is 12.1 Å². The monoisotopic (exact) mass is 463 g/mol. The summed E-state index contributed by atoms with van der Waals surface area (Å²) < 4.78 is 4.85. The van der Waals surface area contributed by atoms with Gasteiger partial charge in [0, 0.05) is 25.1 Å². The van der Waals surface area contributed by atoms with E-state index in [9.17, 15) is 14.4 Å². The maximum atomic E-state index is 13.0. The van der Waals surface area contributed by atoms with Crippen molar-refractivity contribution in [2.24, 2.45) is 0 Å². The van der Waals surface area contributed by atoms with E-state index in [2.05, 4.69) is 5.32 Å². The molecule has 0 radical (unpaired) electrons. The number of nitrogens with two attached hydrogens (primary N) is 1. The summed E-state index contributed by atoms with van der Waals surface area (Å²) in [5.74, 6) is -1.11. The van der Waals surface area contributed by atoms with Crippen LogP contribution in [0.5, 0.6) is 0 Å². The van der Waals surface area contributed by atoms with Crippen molar-refractivity contribution in [2.45, 2.75) is 37.9 Å². The molecule has 3 rings (SSSR count). The molecule has 3 N–H and O–H groups in total. The van der Waals surface area contributed by atoms with Crippen LogP contribution in [0.4, 0.5) is 5.69 Å². The van der Waals surface area contributed by atoms with Crippen LogP contribution in [0.1, 0.15) is 24.0 Å². The number of nitrogen functional groups attached to an aromatic ring is 1. The number of halogens is 2. The zero-order valence-corrected chi connectivity index (χ0v) is 18.4. The highest BCUT2D eigenvalue weighted by molar-refractivity contribution is 6.42. The largest absolute Gasteiger partial charge is 0.467 e. The van der Waals surface area contributed by atoms with Gasteiger partial charge in [-0.3, -0.25) is 9.59 Å². The van der Waals surface area contributed by atoms with Gasteiger partial charge in [0.2, 0.25) is 11.8 Å². The number of methoxy groups -OCH3 is 1. The standard InChI is InChI=1S/C22H23Cl2N3O4/c1-31-22(30)18(11-13-2-5-15(25)6-3-13)26-21(29)19-8-9-20(28)27(19)12-14-4-7-16(23)17(24)10-14/h2-7,10,18-19H,8-9,11-12,25H2,1H3,(H,26,29)/t18-,19-/m0/s1. The maximum absolute atomic E-state index is 13.0. The highest BCUT2D eigenvalue weighted by Crippen LogP contribution is 2.26. The molecule has 1 aliphatic heterocycles. The fourth-order valence-electron chi connectivity index (χ4n) is 3.53. The molecule has 2 atom stereocenters. The van der Waals surface area contributed by atoms with Crippen molar-refractivity contribution in [3.05, 3.63) is 63.6 Å². The van der Waals surface area contributed by atoms with Crippen LogP contribution in [0.3, 0.4) is 0 Å². The van der Waals surface area contributed by atoms with E-state index in [4.69, 9.17) is 33.7 Å². The first-order chi connectivity index (χ1) is 14.8. The third-order valence-corrected chi connectivity index (χ3v) is 5.93. The molecular weight excluding hydrogens is 441 g/mol. The zero-order valence-electron chi connectivity index (χ0n) is 16.9. The Hall–Kier alpha value is -2.77. The van der Waals surface area contributed by atoms with E-state index in [1.54, 1.807) is 42.5 Å². The number of benzene rings is 2. The molecule has 2 amide bonds. The molecule has 2 aromatic carbocycles. The van der Waals surface area contributed by atoms with Crippen LogP contribution in [0.15, 0.2) is 42.5 Å². The summed E-state index contributed by atoms with van der Waals surface area (Å²) in [4.78, 5) is 39.2. The second kappa shape index (κ2) is 10.0. The quantitative estimate of drug-likeness (QED) is 0.485. The van der Waals surface area contributed by atoms with Gasteiger partial charge in [-0.15, -0.1) is 0 Å². The number of hydrogen-bond donors (Lipinski definition) is 2. The van der Waals surface area contributed by atoms with E-state index in [1.165, 1.54) is 12.0 Å². The lowest BCUT2D eigenvalue weighted by atomic mass is 10.0. The lowest BCUT2D eigenvalue weighted by molar-refractivity contribution is -0.146. The summed E-state index contributed by atoms with van der Waals surface area (Å²) in [7, 11) is 1.26. The van der Waals surface area contributed by atoms with Crippen molar-refractivity contribution < 1.29 is 19.1 Å². The summed E-state index contributed by atoms with van der Waals surface area (Å²) in [6.07, 6.45) is 0.855. The number of rotatable bonds is 7. The molecule has 1 saturated heterocycles. The minimum absolute atomic E-state index is 0.139. The fraction of sp³-hybridized carbons (Fsp3) is 0.318. The highest BCUT2D eigenvalue weighted by Gasteiger charge is 2.37. The van der Waals surface area contributed by atoms with E-state index >= 15 is 0 Å². The Labute approximate surface area is 190 Å². The number of carbonyl (C=O) groups excluding carboxylic acids is 3. The summed E-state index contributed by atoms with van der Waals surface area (Å²) >= 11 is 12.0. The SMILES string of the molecule is COC(=O)[C@H](Cc1ccc(N)cc1)NC(=O)[C@@H]1CCC(=O)N1Cc1ccc(Cl)c(Cl)c1. The molecule has 0 unspecified atom stereocenters. The average Bonchev–Trinajstić information content (AvgIpc) is 3.11. The molecule has 0 aromatic heterocycles. The number of hydrogen-bond acceptors (Lipinski definition) is 5. The number of anilines is 1. The first kappa shape index (κ1) is 22.9. The molecule has 1 aliphatic rings. The number of amides is 2. The van der Waals surface area contributed by atoms with Gasteiger partial charge in [0.05, 0.1) is 17.2 Å². The first-order valence-corrected chi connectivity index (χ1v) is 10.5. The fourth-order valence-corrected chi connectivity index (χ4v) is 3.85.